The molecule has 3 heterocycles. The van der Waals surface area contributed by atoms with Crippen molar-refractivity contribution in [2.45, 2.75) is 31.0 Å². The number of anilines is 1. The lowest BCUT2D eigenvalue weighted by atomic mass is 9.47. The zero-order valence-corrected chi connectivity index (χ0v) is 37.4. The zero-order chi connectivity index (χ0) is 49.3. The number of carbonyl (C=O) groups is 10. The molecule has 10 rings (SSSR count). The Labute approximate surface area is 392 Å². The highest BCUT2D eigenvalue weighted by Gasteiger charge is 2.73. The molecule has 7 amide bonds. The number of aromatic hydroxyl groups is 1. The van der Waals surface area contributed by atoms with E-state index in [1.807, 2.05) is 0 Å². The van der Waals surface area contributed by atoms with Crippen molar-refractivity contribution in [3.8, 4) is 5.75 Å². The number of aliphatic hydroxyl groups excluding tert-OH is 1. The number of carbonyl (C=O) groups excluding carboxylic acids is 10. The van der Waals surface area contributed by atoms with Crippen LogP contribution in [0.1, 0.15) is 90.1 Å². The van der Waals surface area contributed by atoms with Gasteiger partial charge in [-0.1, -0.05) is 36.4 Å². The van der Waals surface area contributed by atoms with Crippen molar-refractivity contribution in [1.29, 1.82) is 0 Å². The number of rotatable bonds is 9. The first-order valence-electron chi connectivity index (χ1n) is 21.9. The lowest BCUT2D eigenvalue weighted by Crippen LogP contribution is -2.73. The predicted octanol–water partition coefficient (Wildman–Crippen LogP) is 1.91. The summed E-state index contributed by atoms with van der Waals surface area (Å²) in [6.07, 6.45) is -0.660. The zero-order valence-electron chi connectivity index (χ0n) is 37.4. The number of Topliss-reactive ketones (excluding diaryl/α,β-unsaturated/α-hetero) is 3. The molecule has 0 spiro atoms. The van der Waals surface area contributed by atoms with Gasteiger partial charge in [-0.3, -0.25) is 67.5 Å². The number of hydrogen-bond acceptors (Lipinski definition) is 15. The highest BCUT2D eigenvalue weighted by Crippen LogP contribution is 2.59. The van der Waals surface area contributed by atoms with Gasteiger partial charge >= 0.3 is 0 Å². The van der Waals surface area contributed by atoms with Crippen LogP contribution >= 0.6 is 0 Å². The van der Waals surface area contributed by atoms with Gasteiger partial charge in [-0.05, 0) is 80.9 Å². The molecule has 19 heteroatoms. The van der Waals surface area contributed by atoms with Gasteiger partial charge in [0.25, 0.3) is 41.4 Å². The molecule has 69 heavy (non-hydrogen) atoms. The molecule has 5 atom stereocenters. The lowest BCUT2D eigenvalue weighted by Gasteiger charge is -2.57. The second-order valence-corrected chi connectivity index (χ2v) is 18.5. The van der Waals surface area contributed by atoms with Crippen molar-refractivity contribution in [2.75, 3.05) is 46.3 Å². The molecule has 1 fully saturated rings. The van der Waals surface area contributed by atoms with E-state index in [4.69, 9.17) is 0 Å². The number of phenols is 1. The van der Waals surface area contributed by atoms with Crippen LogP contribution in [0.4, 0.5) is 5.69 Å². The molecule has 4 aromatic carbocycles. The van der Waals surface area contributed by atoms with Crippen LogP contribution in [0.5, 0.6) is 5.75 Å². The maximum atomic E-state index is 16.0. The first-order chi connectivity index (χ1) is 32.8. The molecule has 4 aromatic rings. The van der Waals surface area contributed by atoms with Gasteiger partial charge in [0.2, 0.25) is 0 Å². The van der Waals surface area contributed by atoms with Gasteiger partial charge in [0.05, 0.1) is 51.5 Å². The number of nitrogens with zero attached hydrogens (tertiary/aromatic N) is 5. The van der Waals surface area contributed by atoms with Crippen LogP contribution in [0.2, 0.25) is 0 Å². The van der Waals surface area contributed by atoms with Crippen LogP contribution < -0.4 is 10.2 Å². The fourth-order valence-corrected chi connectivity index (χ4v) is 11.3. The van der Waals surface area contributed by atoms with Gasteiger partial charge in [0.15, 0.2) is 23.0 Å². The van der Waals surface area contributed by atoms with Gasteiger partial charge in [-0.2, -0.15) is 0 Å². The Balaban J connectivity index is 1.11. The number of fused-ring (bicyclic) bond motifs is 6. The monoisotopic (exact) mass is 934 g/mol. The van der Waals surface area contributed by atoms with E-state index in [-0.39, 0.29) is 50.9 Å². The molecule has 0 bridgehead atoms. The summed E-state index contributed by atoms with van der Waals surface area (Å²) in [5.74, 6) is -14.8. The number of nitrogens with one attached hydrogen (secondary N) is 1. The van der Waals surface area contributed by atoms with Crippen LogP contribution in [-0.4, -0.2) is 147 Å². The maximum absolute atomic E-state index is 16.0. The third-order valence-corrected chi connectivity index (χ3v) is 14.6. The fraction of sp³-hybridized carbons (Fsp3) is 0.280. The second-order valence-electron chi connectivity index (χ2n) is 18.5. The van der Waals surface area contributed by atoms with E-state index >= 15 is 9.59 Å². The number of amides is 7. The Kier molecular flexibility index (Phi) is 9.99. The van der Waals surface area contributed by atoms with E-state index in [9.17, 15) is 53.7 Å². The summed E-state index contributed by atoms with van der Waals surface area (Å²) in [6, 6.07) is 17.8. The molecular weight excluding hydrogens is 893 g/mol. The van der Waals surface area contributed by atoms with Gasteiger partial charge in [-0.15, -0.1) is 0 Å². The average molecular weight is 935 g/mol. The number of aliphatic hydroxyl groups is 2. The number of imide groups is 3. The Bertz CT molecular complexity index is 3070. The number of benzene rings is 4. The highest BCUT2D eigenvalue weighted by molar-refractivity contribution is 6.28. The third-order valence-electron chi connectivity index (χ3n) is 14.6. The summed E-state index contributed by atoms with van der Waals surface area (Å²) >= 11 is 0. The standard InChI is InChI=1S/C50H42N6O13/c1-52(2)33-17-23(20-54-42(62)25-11-5-6-12-26(25)43(54)63)37(57)34-31(33)18-24-19-32-36(53(3)4)38(58)35(41(61)51-22-56-46(66)29-15-9-10-16-30(29)47(56)67)40(60)50(32,69)48(68)49(24,39(34)59)21-55-44(64)27-13-7-8-14-28(27)45(55)65/h5-17,24,32,36,57,60,69H,18-22H2,1-4H3,(H,51,61)/t24-,32-,36+,49+,50+/m0/s1. The van der Waals surface area contributed by atoms with Crippen LogP contribution in [0.3, 0.4) is 0 Å². The molecule has 1 saturated carbocycles. The average Bonchev–Trinajstić information content (AvgIpc) is 3.82. The molecule has 0 radical (unpaired) electrons. The van der Waals surface area contributed by atoms with Crippen molar-refractivity contribution in [2.24, 2.45) is 17.3 Å². The normalized spacial score (nSPS) is 24.8. The first kappa shape index (κ1) is 44.7. The van der Waals surface area contributed by atoms with E-state index in [1.54, 1.807) is 31.1 Å². The minimum absolute atomic E-state index is 0.0457. The van der Waals surface area contributed by atoms with Crippen LogP contribution in [0.15, 0.2) is 90.2 Å². The molecule has 0 aromatic heterocycles. The summed E-state index contributed by atoms with van der Waals surface area (Å²) in [6.45, 7) is -2.36. The number of likely N-dealkylation sites (N-methyl/N-ethyl adjacent to an activating group) is 1. The topological polar surface area (TPSA) is 260 Å². The maximum Gasteiger partial charge on any atom is 0.263 e. The summed E-state index contributed by atoms with van der Waals surface area (Å²) in [7, 11) is 6.15. The predicted molar refractivity (Wildman–Crippen MR) is 239 cm³/mol. The van der Waals surface area contributed by atoms with Gasteiger partial charge in [-0.25, -0.2) is 0 Å². The number of phenolic OH excluding ortho intramolecular Hbond substituents is 1. The molecule has 3 aliphatic heterocycles. The van der Waals surface area contributed by atoms with E-state index in [0.29, 0.717) is 15.5 Å². The van der Waals surface area contributed by atoms with Crippen molar-refractivity contribution in [3.05, 3.63) is 140 Å². The smallest absolute Gasteiger partial charge is 0.263 e. The van der Waals surface area contributed by atoms with Crippen molar-refractivity contribution in [1.82, 2.24) is 24.9 Å². The Hall–Kier alpha value is -8.16. The third kappa shape index (κ3) is 5.99. The van der Waals surface area contributed by atoms with Crippen LogP contribution in [0, 0.1) is 17.3 Å². The Morgan fingerprint density at radius 1 is 0.696 bits per heavy atom. The van der Waals surface area contributed by atoms with E-state index in [0.717, 1.165) is 4.90 Å². The molecule has 0 saturated heterocycles. The van der Waals surface area contributed by atoms with Crippen LogP contribution in [-0.2, 0) is 27.3 Å². The SMILES string of the molecule is CN(C)c1cc(CN2C(=O)c3ccccc3C2=O)c(O)c2c1C[C@H]1C[C@H]3[C@@H](N(C)C)C(=O)C(C(=O)NCN4C(=O)c5ccccc5C4=O)=C(O)[C@@]3(O)C(=O)[C@@]1(CN1C(=O)c3ccccc3C1=O)C2=O. The van der Waals surface area contributed by atoms with Gasteiger partial charge < -0.3 is 25.5 Å². The molecule has 350 valence electrons. The number of hydrogen-bond donors (Lipinski definition) is 4. The summed E-state index contributed by atoms with van der Waals surface area (Å²) < 4.78 is 0. The molecular formula is C50H42N6O13. The quantitative estimate of drug-likeness (QED) is 0.106. The minimum Gasteiger partial charge on any atom is -0.508 e. The first-order valence-corrected chi connectivity index (χ1v) is 21.9. The Morgan fingerprint density at radius 2 is 1.16 bits per heavy atom. The summed E-state index contributed by atoms with van der Waals surface area (Å²) in [5, 5.41) is 39.9. The van der Waals surface area contributed by atoms with Crippen molar-refractivity contribution >= 4 is 64.4 Å². The molecule has 3 aliphatic carbocycles. The Morgan fingerprint density at radius 3 is 1.62 bits per heavy atom. The molecule has 4 N–H and O–H groups in total. The van der Waals surface area contributed by atoms with Gasteiger partial charge in [0, 0.05) is 37.8 Å². The van der Waals surface area contributed by atoms with Crippen LogP contribution in [0.25, 0.3) is 0 Å². The van der Waals surface area contributed by atoms with Crippen molar-refractivity contribution in [3.63, 3.8) is 0 Å². The molecule has 19 nitrogen and oxygen atoms in total. The van der Waals surface area contributed by atoms with Crippen molar-refractivity contribution < 1.29 is 63.3 Å². The number of ketones is 3. The fourth-order valence-electron chi connectivity index (χ4n) is 11.3. The molecule has 6 aliphatic rings. The lowest BCUT2D eigenvalue weighted by molar-refractivity contribution is -0.172. The summed E-state index contributed by atoms with van der Waals surface area (Å²) in [4.78, 5) is 148. The van der Waals surface area contributed by atoms with Gasteiger partial charge in [0.1, 0.15) is 29.2 Å². The highest BCUT2D eigenvalue weighted by atomic mass is 16.3. The second kappa shape index (κ2) is 15.4. The molecule has 0 unspecified atom stereocenters. The van der Waals surface area contributed by atoms with E-state index in [2.05, 4.69) is 5.32 Å². The summed E-state index contributed by atoms with van der Waals surface area (Å²) in [5.41, 5.74) is -6.87. The largest absolute Gasteiger partial charge is 0.508 e. The van der Waals surface area contributed by atoms with E-state index in [1.165, 1.54) is 85.7 Å². The van der Waals surface area contributed by atoms with E-state index < -0.39 is 136 Å². The minimum atomic E-state index is -3.27.